The molecule has 1 aliphatic carbocycles. The summed E-state index contributed by atoms with van der Waals surface area (Å²) in [6, 6.07) is 15.2. The van der Waals surface area contributed by atoms with E-state index >= 15 is 0 Å². The predicted octanol–water partition coefficient (Wildman–Crippen LogP) is 4.07. The average molecular weight is 310 g/mol. The van der Waals surface area contributed by atoms with Crippen molar-refractivity contribution in [2.24, 2.45) is 5.92 Å². The van der Waals surface area contributed by atoms with Gasteiger partial charge in [0.25, 0.3) is 0 Å². The first kappa shape index (κ1) is 15.9. The summed E-state index contributed by atoms with van der Waals surface area (Å²) in [6.07, 6.45) is 5.07. The summed E-state index contributed by atoms with van der Waals surface area (Å²) < 4.78 is 2.26. The molecule has 1 fully saturated rings. The molecule has 0 spiro atoms. The molecule has 0 aliphatic heterocycles. The summed E-state index contributed by atoms with van der Waals surface area (Å²) in [5.74, 6) is 0.717. The van der Waals surface area contributed by atoms with Gasteiger partial charge in [-0.1, -0.05) is 44.2 Å². The van der Waals surface area contributed by atoms with Gasteiger partial charge in [-0.2, -0.15) is 0 Å². The summed E-state index contributed by atoms with van der Waals surface area (Å²) >= 11 is 0. The van der Waals surface area contributed by atoms with Crippen molar-refractivity contribution in [3.63, 3.8) is 0 Å². The minimum atomic E-state index is 0.301. The van der Waals surface area contributed by atoms with Crippen LogP contribution in [0, 0.1) is 5.92 Å². The van der Waals surface area contributed by atoms with Crippen LogP contribution in [0.25, 0.3) is 0 Å². The molecule has 0 radical (unpaired) electrons. The van der Waals surface area contributed by atoms with Gasteiger partial charge in [0, 0.05) is 30.9 Å². The Labute approximate surface area is 138 Å². The Morgan fingerprint density at radius 3 is 2.57 bits per heavy atom. The zero-order chi connectivity index (χ0) is 16.2. The minimum Gasteiger partial charge on any atom is -0.345 e. The Balaban J connectivity index is 1.71. The number of hydrogen-bond donors (Lipinski definition) is 0. The minimum absolute atomic E-state index is 0.301. The second-order valence-corrected chi connectivity index (χ2v) is 6.96. The van der Waals surface area contributed by atoms with E-state index in [4.69, 9.17) is 0 Å². The first-order valence-electron chi connectivity index (χ1n) is 8.61. The first-order chi connectivity index (χ1) is 11.1. The lowest BCUT2D eigenvalue weighted by Gasteiger charge is -2.24. The third-order valence-corrected chi connectivity index (χ3v) is 4.34. The lowest BCUT2D eigenvalue weighted by molar-refractivity contribution is -0.133. The Morgan fingerprint density at radius 1 is 1.17 bits per heavy atom. The zero-order valence-electron chi connectivity index (χ0n) is 14.1. The summed E-state index contributed by atoms with van der Waals surface area (Å²) in [4.78, 5) is 14.6. The average Bonchev–Trinajstić information content (AvgIpc) is 3.27. The zero-order valence-corrected chi connectivity index (χ0v) is 14.1. The summed E-state index contributed by atoms with van der Waals surface area (Å²) in [5, 5.41) is 0. The molecule has 0 saturated heterocycles. The normalized spacial score (nSPS) is 14.2. The number of nitrogens with zero attached hydrogens (tertiary/aromatic N) is 2. The number of amides is 1. The molecule has 3 heteroatoms. The van der Waals surface area contributed by atoms with Gasteiger partial charge in [-0.25, -0.2) is 0 Å². The third kappa shape index (κ3) is 4.25. The maximum Gasteiger partial charge on any atom is 0.223 e. The summed E-state index contributed by atoms with van der Waals surface area (Å²) in [7, 11) is 0. The Morgan fingerprint density at radius 2 is 1.91 bits per heavy atom. The SMILES string of the molecule is CC(C)CC(=O)N(Cc1cccn1Cc1ccccc1)C1CC1. The molecule has 0 unspecified atom stereocenters. The van der Waals surface area contributed by atoms with Crippen LogP contribution in [0.5, 0.6) is 0 Å². The van der Waals surface area contributed by atoms with Crippen LogP contribution >= 0.6 is 0 Å². The predicted molar refractivity (Wildman–Crippen MR) is 93.0 cm³/mol. The van der Waals surface area contributed by atoms with E-state index in [0.717, 1.165) is 25.9 Å². The van der Waals surface area contributed by atoms with Gasteiger partial charge in [-0.3, -0.25) is 4.79 Å². The first-order valence-corrected chi connectivity index (χ1v) is 8.61. The molecular weight excluding hydrogens is 284 g/mol. The molecular formula is C20H26N2O. The van der Waals surface area contributed by atoms with Crippen LogP contribution in [0.2, 0.25) is 0 Å². The van der Waals surface area contributed by atoms with Crippen molar-refractivity contribution in [3.05, 3.63) is 59.9 Å². The van der Waals surface area contributed by atoms with Crippen molar-refractivity contribution in [3.8, 4) is 0 Å². The van der Waals surface area contributed by atoms with E-state index in [0.29, 0.717) is 24.3 Å². The van der Waals surface area contributed by atoms with E-state index in [1.54, 1.807) is 0 Å². The number of rotatable bonds is 7. The van der Waals surface area contributed by atoms with Crippen LogP contribution in [0.4, 0.5) is 0 Å². The second kappa shape index (κ2) is 7.03. The monoisotopic (exact) mass is 310 g/mol. The van der Waals surface area contributed by atoms with E-state index in [2.05, 4.69) is 65.9 Å². The van der Waals surface area contributed by atoms with Gasteiger partial charge in [0.1, 0.15) is 0 Å². The van der Waals surface area contributed by atoms with Gasteiger partial charge in [0.2, 0.25) is 5.91 Å². The van der Waals surface area contributed by atoms with Crippen LogP contribution < -0.4 is 0 Å². The standard InChI is InChI=1S/C20H26N2O/c1-16(2)13-20(23)22(18-10-11-18)15-19-9-6-12-21(19)14-17-7-4-3-5-8-17/h3-9,12,16,18H,10-11,13-15H2,1-2H3. The molecule has 122 valence electrons. The van der Waals surface area contributed by atoms with E-state index in [1.807, 2.05) is 6.07 Å². The highest BCUT2D eigenvalue weighted by atomic mass is 16.2. The number of aromatic nitrogens is 1. The molecule has 1 amide bonds. The highest BCUT2D eigenvalue weighted by Crippen LogP contribution is 2.29. The van der Waals surface area contributed by atoms with Crippen LogP contribution in [0.15, 0.2) is 48.7 Å². The van der Waals surface area contributed by atoms with E-state index in [9.17, 15) is 4.79 Å². The van der Waals surface area contributed by atoms with E-state index in [1.165, 1.54) is 11.3 Å². The number of hydrogen-bond acceptors (Lipinski definition) is 1. The Kier molecular flexibility index (Phi) is 4.85. The molecule has 2 aromatic rings. The fourth-order valence-electron chi connectivity index (χ4n) is 2.98. The van der Waals surface area contributed by atoms with E-state index < -0.39 is 0 Å². The molecule has 0 N–H and O–H groups in total. The molecule has 1 heterocycles. The van der Waals surface area contributed by atoms with Gasteiger partial charge in [0.15, 0.2) is 0 Å². The van der Waals surface area contributed by atoms with Crippen LogP contribution in [0.3, 0.4) is 0 Å². The Bertz CT molecular complexity index is 641. The lowest BCUT2D eigenvalue weighted by atomic mass is 10.1. The van der Waals surface area contributed by atoms with Crippen LogP contribution in [-0.4, -0.2) is 21.4 Å². The van der Waals surface area contributed by atoms with Crippen LogP contribution in [0.1, 0.15) is 44.4 Å². The molecule has 0 atom stereocenters. The molecule has 0 bridgehead atoms. The van der Waals surface area contributed by atoms with Crippen molar-refractivity contribution in [2.75, 3.05) is 0 Å². The fourth-order valence-corrected chi connectivity index (χ4v) is 2.98. The number of benzene rings is 1. The van der Waals surface area contributed by atoms with Gasteiger partial charge in [-0.15, -0.1) is 0 Å². The highest BCUT2D eigenvalue weighted by Gasteiger charge is 2.32. The van der Waals surface area contributed by atoms with E-state index in [-0.39, 0.29) is 0 Å². The lowest BCUT2D eigenvalue weighted by Crippen LogP contribution is -2.34. The van der Waals surface area contributed by atoms with Gasteiger partial charge >= 0.3 is 0 Å². The van der Waals surface area contributed by atoms with Crippen molar-refractivity contribution >= 4 is 5.91 Å². The molecule has 1 saturated carbocycles. The molecule has 1 aromatic carbocycles. The molecule has 3 rings (SSSR count). The third-order valence-electron chi connectivity index (χ3n) is 4.34. The number of carbonyl (C=O) groups is 1. The van der Waals surface area contributed by atoms with Gasteiger partial charge in [-0.05, 0) is 36.5 Å². The Hall–Kier alpha value is -2.03. The van der Waals surface area contributed by atoms with Crippen molar-refractivity contribution < 1.29 is 4.79 Å². The molecule has 1 aromatic heterocycles. The number of carbonyl (C=O) groups excluding carboxylic acids is 1. The molecule has 3 nitrogen and oxygen atoms in total. The highest BCUT2D eigenvalue weighted by molar-refractivity contribution is 5.77. The van der Waals surface area contributed by atoms with Crippen LogP contribution in [-0.2, 0) is 17.9 Å². The topological polar surface area (TPSA) is 25.2 Å². The van der Waals surface area contributed by atoms with Gasteiger partial charge < -0.3 is 9.47 Å². The van der Waals surface area contributed by atoms with Crippen molar-refractivity contribution in [2.45, 2.75) is 52.2 Å². The largest absolute Gasteiger partial charge is 0.345 e. The maximum atomic E-state index is 12.5. The molecule has 1 aliphatic rings. The summed E-state index contributed by atoms with van der Waals surface area (Å²) in [6.45, 7) is 5.82. The fraction of sp³-hybridized carbons (Fsp3) is 0.450. The summed E-state index contributed by atoms with van der Waals surface area (Å²) in [5.41, 5.74) is 2.51. The second-order valence-electron chi connectivity index (χ2n) is 6.96. The maximum absolute atomic E-state index is 12.5. The van der Waals surface area contributed by atoms with Crippen molar-refractivity contribution in [1.29, 1.82) is 0 Å². The van der Waals surface area contributed by atoms with Crippen molar-refractivity contribution in [1.82, 2.24) is 9.47 Å². The smallest absolute Gasteiger partial charge is 0.223 e. The molecule has 23 heavy (non-hydrogen) atoms. The van der Waals surface area contributed by atoms with Gasteiger partial charge in [0.05, 0.1) is 6.54 Å². The quantitative estimate of drug-likeness (QED) is 0.756.